The van der Waals surface area contributed by atoms with Gasteiger partial charge in [0.1, 0.15) is 12.4 Å². The normalized spacial score (nSPS) is 11.6. The van der Waals surface area contributed by atoms with E-state index < -0.39 is 15.3 Å². The first-order valence-corrected chi connectivity index (χ1v) is 10.5. The summed E-state index contributed by atoms with van der Waals surface area (Å²) in [5.41, 5.74) is 1.07. The maximum absolute atomic E-state index is 11.8. The lowest BCUT2D eigenvalue weighted by molar-refractivity contribution is 0.238. The first-order chi connectivity index (χ1) is 12.8. The molecule has 0 radical (unpaired) electrons. The van der Waals surface area contributed by atoms with Crippen LogP contribution in [0.25, 0.3) is 10.8 Å². The Bertz CT molecular complexity index is 882. The summed E-state index contributed by atoms with van der Waals surface area (Å²) in [6, 6.07) is 11.6. The lowest BCUT2D eigenvalue weighted by Gasteiger charge is -2.11. The van der Waals surface area contributed by atoms with Crippen LogP contribution in [-0.2, 0) is 16.4 Å². The summed E-state index contributed by atoms with van der Waals surface area (Å²) < 4.78 is 31.8. The number of ether oxygens (including phenoxy) is 1. The minimum absolute atomic E-state index is 0.236. The van der Waals surface area contributed by atoms with Gasteiger partial charge in [-0.1, -0.05) is 24.3 Å². The highest BCUT2D eigenvalue weighted by atomic mass is 32.2. The van der Waals surface area contributed by atoms with Crippen molar-refractivity contribution in [1.29, 1.82) is 0 Å². The summed E-state index contributed by atoms with van der Waals surface area (Å²) in [7, 11) is -1.67. The number of rotatable bonds is 9. The van der Waals surface area contributed by atoms with E-state index in [9.17, 15) is 13.2 Å². The molecule has 0 spiro atoms. The van der Waals surface area contributed by atoms with Gasteiger partial charge in [-0.15, -0.1) is 0 Å². The van der Waals surface area contributed by atoms with E-state index in [1.165, 1.54) is 0 Å². The number of hydrogen-bond donors (Lipinski definition) is 3. The molecule has 0 saturated carbocycles. The minimum atomic E-state index is -3.23. The molecule has 27 heavy (non-hydrogen) atoms. The van der Waals surface area contributed by atoms with Crippen LogP contribution in [0.1, 0.15) is 19.4 Å². The monoisotopic (exact) mass is 393 g/mol. The zero-order valence-corrected chi connectivity index (χ0v) is 16.7. The lowest BCUT2D eigenvalue weighted by Crippen LogP contribution is -2.35. The van der Waals surface area contributed by atoms with E-state index in [1.807, 2.05) is 30.3 Å². The standard InChI is InChI=1S/C19H27N3O4S/c1-14(2)27(24,25)22-9-8-15-4-5-17-13-18(7-6-16(17)12-15)26-11-10-21-19(23)20-3/h4-7,12-14,22H,8-11H2,1-3H3,(H2,20,21,23). The van der Waals surface area contributed by atoms with Crippen LogP contribution >= 0.6 is 0 Å². The number of hydrogen-bond acceptors (Lipinski definition) is 4. The molecule has 2 aromatic carbocycles. The Morgan fingerprint density at radius 2 is 1.78 bits per heavy atom. The second kappa shape index (κ2) is 9.57. The lowest BCUT2D eigenvalue weighted by atomic mass is 10.0. The molecule has 0 fully saturated rings. The van der Waals surface area contributed by atoms with E-state index >= 15 is 0 Å². The van der Waals surface area contributed by atoms with Crippen molar-refractivity contribution in [2.45, 2.75) is 25.5 Å². The fourth-order valence-corrected chi connectivity index (χ4v) is 3.16. The molecule has 2 aromatic rings. The molecule has 148 valence electrons. The van der Waals surface area contributed by atoms with Crippen LogP contribution in [0.5, 0.6) is 5.75 Å². The van der Waals surface area contributed by atoms with Gasteiger partial charge < -0.3 is 15.4 Å². The molecule has 2 rings (SSSR count). The van der Waals surface area contributed by atoms with Crippen molar-refractivity contribution in [3.05, 3.63) is 42.0 Å². The van der Waals surface area contributed by atoms with Crippen LogP contribution in [0.3, 0.4) is 0 Å². The molecule has 0 aromatic heterocycles. The van der Waals surface area contributed by atoms with Gasteiger partial charge in [0.25, 0.3) is 0 Å². The van der Waals surface area contributed by atoms with Gasteiger partial charge in [0.15, 0.2) is 0 Å². The van der Waals surface area contributed by atoms with Crippen LogP contribution in [0.4, 0.5) is 4.79 Å². The van der Waals surface area contributed by atoms with Crippen molar-refractivity contribution in [3.63, 3.8) is 0 Å². The Morgan fingerprint density at radius 3 is 2.48 bits per heavy atom. The number of carbonyl (C=O) groups excluding carboxylic acids is 1. The molecule has 8 heteroatoms. The summed E-state index contributed by atoms with van der Waals surface area (Å²) >= 11 is 0. The molecule has 0 atom stereocenters. The number of carbonyl (C=O) groups is 1. The number of urea groups is 1. The Hall–Kier alpha value is -2.32. The number of amides is 2. The van der Waals surface area contributed by atoms with Crippen LogP contribution < -0.4 is 20.1 Å². The highest BCUT2D eigenvalue weighted by Crippen LogP contribution is 2.22. The van der Waals surface area contributed by atoms with Crippen LogP contribution in [0, 0.1) is 0 Å². The van der Waals surface area contributed by atoms with Crippen molar-refractivity contribution >= 4 is 26.8 Å². The van der Waals surface area contributed by atoms with Crippen molar-refractivity contribution < 1.29 is 17.9 Å². The zero-order valence-electron chi connectivity index (χ0n) is 15.9. The first-order valence-electron chi connectivity index (χ1n) is 8.91. The predicted octanol–water partition coefficient (Wildman–Crippen LogP) is 2.02. The van der Waals surface area contributed by atoms with Crippen LogP contribution in [-0.4, -0.2) is 46.4 Å². The Morgan fingerprint density at radius 1 is 1.07 bits per heavy atom. The summed E-state index contributed by atoms with van der Waals surface area (Å²) in [6.45, 7) is 4.50. The molecular weight excluding hydrogens is 366 g/mol. The third-order valence-corrected chi connectivity index (χ3v) is 5.94. The van der Waals surface area contributed by atoms with Gasteiger partial charge in [-0.2, -0.15) is 0 Å². The fourth-order valence-electron chi connectivity index (χ4n) is 2.44. The van der Waals surface area contributed by atoms with Gasteiger partial charge in [-0.05, 0) is 48.7 Å². The van der Waals surface area contributed by atoms with Crippen LogP contribution in [0.2, 0.25) is 0 Å². The van der Waals surface area contributed by atoms with Gasteiger partial charge >= 0.3 is 6.03 Å². The van der Waals surface area contributed by atoms with Crippen molar-refractivity contribution in [1.82, 2.24) is 15.4 Å². The third-order valence-electron chi connectivity index (χ3n) is 4.10. The minimum Gasteiger partial charge on any atom is -0.492 e. The Kier molecular flexibility index (Phi) is 7.44. The fraction of sp³-hybridized carbons (Fsp3) is 0.421. The molecule has 0 aliphatic carbocycles. The van der Waals surface area contributed by atoms with E-state index in [1.54, 1.807) is 20.9 Å². The van der Waals surface area contributed by atoms with Crippen molar-refractivity contribution in [2.75, 3.05) is 26.7 Å². The summed E-state index contributed by atoms with van der Waals surface area (Å²) in [5.74, 6) is 0.735. The van der Waals surface area contributed by atoms with Gasteiger partial charge in [0, 0.05) is 13.6 Å². The molecule has 0 unspecified atom stereocenters. The van der Waals surface area contributed by atoms with Gasteiger partial charge in [-0.25, -0.2) is 17.9 Å². The topological polar surface area (TPSA) is 96.5 Å². The molecule has 0 aliphatic heterocycles. The third kappa shape index (κ3) is 6.41. The van der Waals surface area contributed by atoms with Gasteiger partial charge in [-0.3, -0.25) is 0 Å². The predicted molar refractivity (Wildman–Crippen MR) is 108 cm³/mol. The second-order valence-corrected chi connectivity index (χ2v) is 8.76. The highest BCUT2D eigenvalue weighted by molar-refractivity contribution is 7.90. The summed E-state index contributed by atoms with van der Waals surface area (Å²) in [4.78, 5) is 11.1. The van der Waals surface area contributed by atoms with E-state index in [4.69, 9.17) is 4.74 Å². The average molecular weight is 394 g/mol. The molecule has 0 bridgehead atoms. The Balaban J connectivity index is 1.91. The maximum Gasteiger partial charge on any atom is 0.314 e. The molecular formula is C19H27N3O4S. The van der Waals surface area contributed by atoms with Crippen molar-refractivity contribution in [3.8, 4) is 5.75 Å². The summed E-state index contributed by atoms with van der Waals surface area (Å²) in [5, 5.41) is 6.81. The number of nitrogens with one attached hydrogen (secondary N) is 3. The quantitative estimate of drug-likeness (QED) is 0.568. The maximum atomic E-state index is 11.8. The molecule has 0 saturated heterocycles. The molecule has 2 amide bonds. The number of benzene rings is 2. The van der Waals surface area contributed by atoms with E-state index in [-0.39, 0.29) is 6.03 Å². The average Bonchev–Trinajstić information content (AvgIpc) is 2.64. The van der Waals surface area contributed by atoms with Crippen LogP contribution in [0.15, 0.2) is 36.4 Å². The number of sulfonamides is 1. The molecule has 3 N–H and O–H groups in total. The SMILES string of the molecule is CNC(=O)NCCOc1ccc2cc(CCNS(=O)(=O)C(C)C)ccc2c1. The highest BCUT2D eigenvalue weighted by Gasteiger charge is 2.14. The summed E-state index contributed by atoms with van der Waals surface area (Å²) in [6.07, 6.45) is 0.630. The molecule has 0 aliphatic rings. The smallest absolute Gasteiger partial charge is 0.314 e. The van der Waals surface area contributed by atoms with Crippen molar-refractivity contribution in [2.24, 2.45) is 0 Å². The Labute approximate surface area is 160 Å². The van der Waals surface area contributed by atoms with Gasteiger partial charge in [0.05, 0.1) is 11.8 Å². The van der Waals surface area contributed by atoms with E-state index in [2.05, 4.69) is 21.4 Å². The second-order valence-electron chi connectivity index (χ2n) is 6.44. The first kappa shape index (κ1) is 21.0. The zero-order chi connectivity index (χ0) is 19.9. The van der Waals surface area contributed by atoms with Gasteiger partial charge in [0.2, 0.25) is 10.0 Å². The largest absolute Gasteiger partial charge is 0.492 e. The number of fused-ring (bicyclic) bond motifs is 1. The van der Waals surface area contributed by atoms with E-state index in [0.29, 0.717) is 26.1 Å². The van der Waals surface area contributed by atoms with E-state index in [0.717, 1.165) is 22.1 Å². The molecule has 0 heterocycles. The molecule has 7 nitrogen and oxygen atoms in total.